The van der Waals surface area contributed by atoms with Crippen LogP contribution in [0.15, 0.2) is 11.1 Å². The number of nitrogens with zero attached hydrogens (tertiary/aromatic N) is 1. The lowest BCUT2D eigenvalue weighted by Gasteiger charge is -2.13. The number of aliphatic hydroxyl groups is 2. The Bertz CT molecular complexity index is 404. The molecule has 1 aromatic rings. The summed E-state index contributed by atoms with van der Waals surface area (Å²) in [6, 6.07) is 0. The minimum atomic E-state index is -1.09. The molecule has 0 amide bonds. The van der Waals surface area contributed by atoms with Crippen molar-refractivity contribution < 1.29 is 10.2 Å². The number of hydrogen-bond donors (Lipinski definition) is 7. The van der Waals surface area contributed by atoms with Crippen LogP contribution in [0.4, 0.5) is 11.5 Å². The van der Waals surface area contributed by atoms with Crippen LogP contribution in [0.2, 0.25) is 0 Å². The number of aliphatic hydroxyl groups excluding tert-OH is 2. The SMILES string of the molecule is NC(O)CNc1nc[nH]c(=O)c1NCC(N)O. The van der Waals surface area contributed by atoms with E-state index in [-0.39, 0.29) is 24.6 Å². The van der Waals surface area contributed by atoms with Crippen LogP contribution in [0.25, 0.3) is 0 Å². The van der Waals surface area contributed by atoms with Crippen LogP contribution in [0.1, 0.15) is 0 Å². The quantitative estimate of drug-likeness (QED) is 0.263. The van der Waals surface area contributed by atoms with Crippen LogP contribution in [-0.4, -0.2) is 45.7 Å². The molecule has 0 bridgehead atoms. The Morgan fingerprint density at radius 1 is 1.29 bits per heavy atom. The maximum absolute atomic E-state index is 11.5. The molecule has 1 rings (SSSR count). The molecule has 2 atom stereocenters. The predicted molar refractivity (Wildman–Crippen MR) is 62.2 cm³/mol. The lowest BCUT2D eigenvalue weighted by Crippen LogP contribution is -2.32. The topological polar surface area (TPSA) is 162 Å². The van der Waals surface area contributed by atoms with Crippen LogP contribution >= 0.6 is 0 Å². The zero-order chi connectivity index (χ0) is 12.8. The summed E-state index contributed by atoms with van der Waals surface area (Å²) in [6.07, 6.45) is -0.955. The van der Waals surface area contributed by atoms with Gasteiger partial charge in [0.15, 0.2) is 5.82 Å². The van der Waals surface area contributed by atoms with E-state index in [9.17, 15) is 4.79 Å². The minimum absolute atomic E-state index is 0.00533. The molecule has 2 unspecified atom stereocenters. The fraction of sp³-hybridized carbons (Fsp3) is 0.500. The summed E-state index contributed by atoms with van der Waals surface area (Å²) in [6.45, 7) is 0.0327. The molecule has 1 aromatic heterocycles. The van der Waals surface area contributed by atoms with E-state index in [4.69, 9.17) is 21.7 Å². The van der Waals surface area contributed by atoms with Crippen molar-refractivity contribution in [1.29, 1.82) is 0 Å². The minimum Gasteiger partial charge on any atom is -0.377 e. The Labute approximate surface area is 96.9 Å². The second-order valence-electron chi connectivity index (χ2n) is 3.35. The van der Waals surface area contributed by atoms with E-state index in [1.165, 1.54) is 6.33 Å². The molecule has 0 aliphatic rings. The highest BCUT2D eigenvalue weighted by Gasteiger charge is 2.09. The molecule has 0 saturated heterocycles. The van der Waals surface area contributed by atoms with E-state index in [1.807, 2.05) is 0 Å². The number of hydrogen-bond acceptors (Lipinski definition) is 8. The number of aromatic amines is 1. The van der Waals surface area contributed by atoms with Gasteiger partial charge in [0, 0.05) is 0 Å². The summed E-state index contributed by atoms with van der Waals surface area (Å²) >= 11 is 0. The zero-order valence-corrected chi connectivity index (χ0v) is 9.05. The first kappa shape index (κ1) is 13.4. The second kappa shape index (κ2) is 6.15. The average Bonchev–Trinajstić information content (AvgIpc) is 2.24. The monoisotopic (exact) mass is 244 g/mol. The van der Waals surface area contributed by atoms with Crippen molar-refractivity contribution >= 4 is 11.5 Å². The summed E-state index contributed by atoms with van der Waals surface area (Å²) in [5.74, 6) is 0.221. The van der Waals surface area contributed by atoms with Gasteiger partial charge in [0.1, 0.15) is 18.1 Å². The number of nitrogens with two attached hydrogens (primary N) is 2. The highest BCUT2D eigenvalue weighted by Crippen LogP contribution is 2.11. The third-order valence-electron chi connectivity index (χ3n) is 1.82. The molecular formula is C8H16N6O3. The smallest absolute Gasteiger partial charge is 0.276 e. The number of nitrogens with one attached hydrogen (secondary N) is 3. The Morgan fingerprint density at radius 2 is 1.88 bits per heavy atom. The van der Waals surface area contributed by atoms with Crippen LogP contribution in [0.5, 0.6) is 0 Å². The normalized spacial score (nSPS) is 14.1. The number of rotatable bonds is 6. The molecule has 96 valence electrons. The lowest BCUT2D eigenvalue weighted by molar-refractivity contribution is 0.194. The van der Waals surface area contributed by atoms with Crippen molar-refractivity contribution in [2.24, 2.45) is 11.5 Å². The summed E-state index contributed by atoms with van der Waals surface area (Å²) < 4.78 is 0. The van der Waals surface area contributed by atoms with Crippen LogP contribution in [0.3, 0.4) is 0 Å². The Hall–Kier alpha value is -1.68. The van der Waals surface area contributed by atoms with Crippen molar-refractivity contribution in [3.8, 4) is 0 Å². The molecule has 9 nitrogen and oxygen atoms in total. The van der Waals surface area contributed by atoms with Gasteiger partial charge < -0.3 is 37.3 Å². The molecule has 9 N–H and O–H groups in total. The lowest BCUT2D eigenvalue weighted by atomic mass is 10.4. The van der Waals surface area contributed by atoms with E-state index in [0.717, 1.165) is 0 Å². The van der Waals surface area contributed by atoms with E-state index in [0.29, 0.717) is 0 Å². The molecule has 0 spiro atoms. The Kier molecular flexibility index (Phi) is 4.84. The summed E-state index contributed by atoms with van der Waals surface area (Å²) in [7, 11) is 0. The van der Waals surface area contributed by atoms with Gasteiger partial charge in [-0.15, -0.1) is 0 Å². The van der Waals surface area contributed by atoms with Crippen molar-refractivity contribution in [1.82, 2.24) is 9.97 Å². The summed E-state index contributed by atoms with van der Waals surface area (Å²) in [4.78, 5) is 17.7. The van der Waals surface area contributed by atoms with Crippen molar-refractivity contribution in [2.45, 2.75) is 12.5 Å². The molecule has 9 heteroatoms. The van der Waals surface area contributed by atoms with E-state index in [2.05, 4.69) is 20.6 Å². The fourth-order valence-electron chi connectivity index (χ4n) is 1.11. The molecule has 0 saturated carbocycles. The van der Waals surface area contributed by atoms with Crippen molar-refractivity contribution in [3.05, 3.63) is 16.7 Å². The highest BCUT2D eigenvalue weighted by molar-refractivity contribution is 5.62. The molecule has 0 aromatic carbocycles. The average molecular weight is 244 g/mol. The molecule has 0 radical (unpaired) electrons. The predicted octanol–water partition coefficient (Wildman–Crippen LogP) is -2.85. The second-order valence-corrected chi connectivity index (χ2v) is 3.35. The van der Waals surface area contributed by atoms with Gasteiger partial charge in [0.25, 0.3) is 5.56 Å². The highest BCUT2D eigenvalue weighted by atomic mass is 16.3. The first-order valence-corrected chi connectivity index (χ1v) is 4.93. The molecule has 1 heterocycles. The Balaban J connectivity index is 2.80. The molecule has 0 aliphatic carbocycles. The summed E-state index contributed by atoms with van der Waals surface area (Å²) in [5, 5.41) is 23.2. The number of aromatic nitrogens is 2. The summed E-state index contributed by atoms with van der Waals surface area (Å²) in [5.41, 5.74) is 9.99. The standard InChI is InChI=1S/C8H16N6O3/c9-4(15)1-11-6-7(12-2-5(10)16)13-3-14-8(6)17/h3-5,11,15-16H,1-2,9-10H2,(H2,12,13,14,17). The van der Waals surface area contributed by atoms with Crippen LogP contribution in [-0.2, 0) is 0 Å². The van der Waals surface area contributed by atoms with Gasteiger partial charge in [0.2, 0.25) is 0 Å². The van der Waals surface area contributed by atoms with Gasteiger partial charge in [0.05, 0.1) is 19.4 Å². The number of anilines is 2. The first-order valence-electron chi connectivity index (χ1n) is 4.93. The Morgan fingerprint density at radius 3 is 2.47 bits per heavy atom. The maximum atomic E-state index is 11.5. The van der Waals surface area contributed by atoms with Gasteiger partial charge >= 0.3 is 0 Å². The molecule has 17 heavy (non-hydrogen) atoms. The van der Waals surface area contributed by atoms with Crippen LogP contribution in [0, 0.1) is 0 Å². The maximum Gasteiger partial charge on any atom is 0.276 e. The van der Waals surface area contributed by atoms with Gasteiger partial charge in [-0.05, 0) is 0 Å². The zero-order valence-electron chi connectivity index (χ0n) is 9.05. The van der Waals surface area contributed by atoms with Crippen LogP contribution < -0.4 is 27.7 Å². The number of H-pyrrole nitrogens is 1. The third-order valence-corrected chi connectivity index (χ3v) is 1.82. The fourth-order valence-corrected chi connectivity index (χ4v) is 1.11. The van der Waals surface area contributed by atoms with E-state index >= 15 is 0 Å². The van der Waals surface area contributed by atoms with E-state index in [1.54, 1.807) is 0 Å². The first-order chi connectivity index (χ1) is 8.00. The van der Waals surface area contributed by atoms with E-state index < -0.39 is 18.0 Å². The van der Waals surface area contributed by atoms with Gasteiger partial charge in [-0.1, -0.05) is 0 Å². The molecular weight excluding hydrogens is 228 g/mol. The molecule has 0 aliphatic heterocycles. The third kappa shape index (κ3) is 4.36. The van der Waals surface area contributed by atoms with Gasteiger partial charge in [-0.3, -0.25) is 4.79 Å². The van der Waals surface area contributed by atoms with Crippen molar-refractivity contribution in [3.63, 3.8) is 0 Å². The van der Waals surface area contributed by atoms with Crippen molar-refractivity contribution in [2.75, 3.05) is 23.7 Å². The van der Waals surface area contributed by atoms with Gasteiger partial charge in [-0.25, -0.2) is 4.98 Å². The largest absolute Gasteiger partial charge is 0.377 e. The van der Waals surface area contributed by atoms with Gasteiger partial charge in [-0.2, -0.15) is 0 Å². The molecule has 0 fully saturated rings.